The van der Waals surface area contributed by atoms with E-state index in [-0.39, 0.29) is 12.5 Å². The molecule has 104 valence electrons. The molecule has 1 aromatic heterocycles. The van der Waals surface area contributed by atoms with E-state index in [1.165, 1.54) is 11.8 Å². The third-order valence-electron chi connectivity index (χ3n) is 2.46. The summed E-state index contributed by atoms with van der Waals surface area (Å²) in [4.78, 5) is 16.0. The van der Waals surface area contributed by atoms with Crippen molar-refractivity contribution in [2.75, 3.05) is 37.5 Å². The number of rotatable bonds is 1. The predicted molar refractivity (Wildman–Crippen MR) is 71.2 cm³/mol. The van der Waals surface area contributed by atoms with Crippen LogP contribution in [0.15, 0.2) is 17.2 Å². The Morgan fingerprint density at radius 1 is 1.32 bits per heavy atom. The maximum atomic E-state index is 11.0. The molecule has 1 aromatic rings. The van der Waals surface area contributed by atoms with Crippen molar-refractivity contribution in [2.24, 2.45) is 0 Å². The molecule has 6 nitrogen and oxygen atoms in total. The van der Waals surface area contributed by atoms with Crippen LogP contribution >= 0.6 is 11.8 Å². The van der Waals surface area contributed by atoms with Crippen LogP contribution in [0, 0.1) is 0 Å². The van der Waals surface area contributed by atoms with E-state index < -0.39 is 0 Å². The Balaban J connectivity index is 0.000000186. The Kier molecular flexibility index (Phi) is 5.59. The average molecular weight is 284 g/mol. The molecule has 0 atom stereocenters. The molecule has 19 heavy (non-hydrogen) atoms. The number of hydrogen-bond donors (Lipinski definition) is 2. The number of aliphatic hydroxyl groups is 1. The van der Waals surface area contributed by atoms with Gasteiger partial charge in [0.25, 0.3) is 0 Å². The van der Waals surface area contributed by atoms with Crippen LogP contribution in [0.1, 0.15) is 5.69 Å². The topological polar surface area (TPSA) is 80.7 Å². The maximum Gasteiger partial charge on any atom is 0.234 e. The summed E-state index contributed by atoms with van der Waals surface area (Å²) in [6.45, 7) is 3.01. The van der Waals surface area contributed by atoms with Crippen molar-refractivity contribution in [1.82, 2.24) is 4.98 Å². The Hall–Kier alpha value is -1.15. The van der Waals surface area contributed by atoms with Crippen LogP contribution in [-0.4, -0.2) is 48.2 Å². The summed E-state index contributed by atoms with van der Waals surface area (Å²) in [5.74, 6) is 0.431. The van der Waals surface area contributed by atoms with E-state index in [4.69, 9.17) is 14.6 Å². The van der Waals surface area contributed by atoms with Gasteiger partial charge in [0.05, 0.1) is 50.2 Å². The van der Waals surface area contributed by atoms with Crippen LogP contribution in [0.4, 0.5) is 5.69 Å². The summed E-state index contributed by atoms with van der Waals surface area (Å²) < 4.78 is 9.89. The number of nitrogens with zero attached hydrogens (tertiary/aromatic N) is 1. The molecule has 3 rings (SSSR count). The Labute approximate surface area is 115 Å². The smallest absolute Gasteiger partial charge is 0.234 e. The zero-order chi connectivity index (χ0) is 13.5. The summed E-state index contributed by atoms with van der Waals surface area (Å²) in [6.07, 6.45) is 1.67. The highest BCUT2D eigenvalue weighted by Gasteiger charge is 2.15. The highest BCUT2D eigenvalue weighted by atomic mass is 32.2. The van der Waals surface area contributed by atoms with Crippen LogP contribution in [0.5, 0.6) is 0 Å². The van der Waals surface area contributed by atoms with Crippen molar-refractivity contribution >= 4 is 23.4 Å². The summed E-state index contributed by atoms with van der Waals surface area (Å²) in [5.41, 5.74) is 1.32. The number of fused-ring (bicyclic) bond motifs is 1. The number of hydrogen-bond acceptors (Lipinski definition) is 6. The minimum Gasteiger partial charge on any atom is -0.390 e. The lowest BCUT2D eigenvalue weighted by atomic mass is 10.3. The minimum absolute atomic E-state index is 0.00686. The molecule has 1 fully saturated rings. The number of anilines is 1. The number of aromatic nitrogens is 1. The van der Waals surface area contributed by atoms with Crippen molar-refractivity contribution < 1.29 is 19.4 Å². The van der Waals surface area contributed by atoms with Gasteiger partial charge in [0.1, 0.15) is 0 Å². The van der Waals surface area contributed by atoms with Gasteiger partial charge in [0.15, 0.2) is 0 Å². The van der Waals surface area contributed by atoms with Crippen molar-refractivity contribution in [3.8, 4) is 0 Å². The molecular formula is C12H16N2O4S. The van der Waals surface area contributed by atoms with E-state index in [1.54, 1.807) is 12.3 Å². The first-order valence-electron chi connectivity index (χ1n) is 5.97. The fourth-order valence-corrected chi connectivity index (χ4v) is 2.31. The largest absolute Gasteiger partial charge is 0.390 e. The van der Waals surface area contributed by atoms with Gasteiger partial charge in [0.2, 0.25) is 5.91 Å². The Morgan fingerprint density at radius 2 is 2.00 bits per heavy atom. The molecule has 0 radical (unpaired) electrons. The summed E-state index contributed by atoms with van der Waals surface area (Å²) in [5, 5.41) is 11.5. The standard InChI is InChI=1S/C8H8N2O2S.C4H8O2/c11-3-5-1-6-7(2-9-5)13-4-8(12)10-6;1-2-6-4-3-5-1/h1-2,11H,3-4H2,(H,10,12);1-4H2. The quantitative estimate of drug-likeness (QED) is 0.788. The van der Waals surface area contributed by atoms with E-state index in [1.807, 2.05) is 0 Å². The first-order chi connectivity index (χ1) is 9.29. The van der Waals surface area contributed by atoms with E-state index in [0.717, 1.165) is 37.0 Å². The van der Waals surface area contributed by atoms with Gasteiger partial charge in [-0.05, 0) is 6.07 Å². The highest BCUT2D eigenvalue weighted by Crippen LogP contribution is 2.30. The normalized spacial score (nSPS) is 17.8. The van der Waals surface area contributed by atoms with E-state index in [2.05, 4.69) is 10.3 Å². The lowest BCUT2D eigenvalue weighted by molar-refractivity contribution is -0.113. The summed E-state index contributed by atoms with van der Waals surface area (Å²) in [7, 11) is 0. The van der Waals surface area contributed by atoms with Crippen LogP contribution in [0.2, 0.25) is 0 Å². The lowest BCUT2D eigenvalue weighted by Crippen LogP contribution is -2.19. The van der Waals surface area contributed by atoms with Gasteiger partial charge in [0, 0.05) is 11.1 Å². The second-order valence-corrected chi connectivity index (χ2v) is 4.91. The number of carbonyl (C=O) groups is 1. The van der Waals surface area contributed by atoms with Crippen molar-refractivity contribution in [3.05, 3.63) is 18.0 Å². The van der Waals surface area contributed by atoms with Gasteiger partial charge >= 0.3 is 0 Å². The van der Waals surface area contributed by atoms with Crippen LogP contribution in [-0.2, 0) is 20.9 Å². The fourth-order valence-electron chi connectivity index (χ4n) is 1.55. The number of pyridine rings is 1. The number of thioether (sulfide) groups is 1. The van der Waals surface area contributed by atoms with Crippen LogP contribution in [0.25, 0.3) is 0 Å². The molecule has 0 aliphatic carbocycles. The molecule has 2 aliphatic heterocycles. The molecule has 0 unspecified atom stereocenters. The fraction of sp³-hybridized carbons (Fsp3) is 0.500. The molecule has 2 N–H and O–H groups in total. The van der Waals surface area contributed by atoms with Gasteiger partial charge in [-0.25, -0.2) is 0 Å². The monoisotopic (exact) mass is 284 g/mol. The Morgan fingerprint density at radius 3 is 2.58 bits per heavy atom. The first-order valence-corrected chi connectivity index (χ1v) is 6.96. The molecule has 7 heteroatoms. The molecular weight excluding hydrogens is 268 g/mol. The number of nitrogens with one attached hydrogen (secondary N) is 1. The number of amides is 1. The summed E-state index contributed by atoms with van der Waals surface area (Å²) >= 11 is 1.46. The second-order valence-electron chi connectivity index (χ2n) is 3.89. The first kappa shape index (κ1) is 14.3. The molecule has 0 spiro atoms. The zero-order valence-electron chi connectivity index (χ0n) is 10.4. The third kappa shape index (κ3) is 4.46. The van der Waals surface area contributed by atoms with Crippen molar-refractivity contribution in [1.29, 1.82) is 0 Å². The zero-order valence-corrected chi connectivity index (χ0v) is 11.2. The van der Waals surface area contributed by atoms with Gasteiger partial charge in [-0.2, -0.15) is 0 Å². The number of carbonyl (C=O) groups excluding carboxylic acids is 1. The van der Waals surface area contributed by atoms with Gasteiger partial charge in [-0.3, -0.25) is 9.78 Å². The van der Waals surface area contributed by atoms with E-state index >= 15 is 0 Å². The van der Waals surface area contributed by atoms with E-state index in [9.17, 15) is 4.79 Å². The molecule has 0 saturated carbocycles. The van der Waals surface area contributed by atoms with Crippen LogP contribution in [0.3, 0.4) is 0 Å². The van der Waals surface area contributed by atoms with E-state index in [0.29, 0.717) is 11.4 Å². The maximum absolute atomic E-state index is 11.0. The number of ether oxygens (including phenoxy) is 2. The molecule has 2 aliphatic rings. The Bertz CT molecular complexity index is 426. The van der Waals surface area contributed by atoms with Crippen LogP contribution < -0.4 is 5.32 Å². The molecule has 1 amide bonds. The number of aliphatic hydroxyl groups excluding tert-OH is 1. The third-order valence-corrected chi connectivity index (χ3v) is 3.51. The van der Waals surface area contributed by atoms with Crippen molar-refractivity contribution in [3.63, 3.8) is 0 Å². The van der Waals surface area contributed by atoms with Gasteiger partial charge < -0.3 is 19.9 Å². The van der Waals surface area contributed by atoms with Gasteiger partial charge in [-0.15, -0.1) is 11.8 Å². The molecule has 0 bridgehead atoms. The second kappa shape index (κ2) is 7.44. The SMILES string of the molecule is C1COCCO1.O=C1CSc2cnc(CO)cc2N1. The lowest BCUT2D eigenvalue weighted by Gasteiger charge is -2.15. The molecule has 3 heterocycles. The molecule has 1 saturated heterocycles. The van der Waals surface area contributed by atoms with Gasteiger partial charge in [-0.1, -0.05) is 0 Å². The highest BCUT2D eigenvalue weighted by molar-refractivity contribution is 8.00. The minimum atomic E-state index is -0.103. The molecule has 0 aromatic carbocycles. The predicted octanol–water partition coefficient (Wildman–Crippen LogP) is 0.651. The average Bonchev–Trinajstić information content (AvgIpc) is 2.49. The summed E-state index contributed by atoms with van der Waals surface area (Å²) in [6, 6.07) is 1.69. The van der Waals surface area contributed by atoms with Crippen molar-refractivity contribution in [2.45, 2.75) is 11.5 Å².